The average molecular weight is 395 g/mol. The van der Waals surface area contributed by atoms with Crippen molar-refractivity contribution in [1.82, 2.24) is 5.32 Å². The summed E-state index contributed by atoms with van der Waals surface area (Å²) < 4.78 is 15.9. The molecule has 0 fully saturated rings. The molecule has 0 spiro atoms. The first-order valence-corrected chi connectivity index (χ1v) is 9.14. The van der Waals surface area contributed by atoms with E-state index in [1.54, 1.807) is 44.6 Å². The van der Waals surface area contributed by atoms with Crippen molar-refractivity contribution < 1.29 is 19.0 Å². The Bertz CT molecular complexity index is 901. The van der Waals surface area contributed by atoms with Crippen molar-refractivity contribution in [2.75, 3.05) is 26.1 Å². The van der Waals surface area contributed by atoms with Gasteiger partial charge >= 0.3 is 0 Å². The van der Waals surface area contributed by atoms with Crippen molar-refractivity contribution in [2.24, 2.45) is 0 Å². The third kappa shape index (κ3) is 5.91. The average Bonchev–Trinajstić information content (AvgIpc) is 2.75. The Balaban J connectivity index is 2.05. The molecule has 7 nitrogen and oxygen atoms in total. The minimum atomic E-state index is -0.497. The molecular formula is C22H25N3O4. The van der Waals surface area contributed by atoms with Gasteiger partial charge in [-0.1, -0.05) is 6.07 Å². The third-order valence-corrected chi connectivity index (χ3v) is 4.17. The molecule has 29 heavy (non-hydrogen) atoms. The molecule has 2 rings (SSSR count). The molecule has 1 amide bonds. The molecule has 0 saturated carbocycles. The monoisotopic (exact) mass is 395 g/mol. The Morgan fingerprint density at radius 3 is 2.41 bits per heavy atom. The van der Waals surface area contributed by atoms with E-state index in [1.807, 2.05) is 32.0 Å². The second-order valence-corrected chi connectivity index (χ2v) is 6.08. The zero-order chi connectivity index (χ0) is 21.2. The summed E-state index contributed by atoms with van der Waals surface area (Å²) in [6.07, 6.45) is 1.41. The lowest BCUT2D eigenvalue weighted by molar-refractivity contribution is -0.112. The van der Waals surface area contributed by atoms with E-state index in [0.29, 0.717) is 29.5 Å². The van der Waals surface area contributed by atoms with Crippen LogP contribution in [0.15, 0.2) is 54.2 Å². The van der Waals surface area contributed by atoms with Crippen molar-refractivity contribution in [3.63, 3.8) is 0 Å². The molecule has 0 aliphatic heterocycles. The van der Waals surface area contributed by atoms with Gasteiger partial charge in [-0.05, 0) is 55.8 Å². The number of anilines is 1. The molecular weight excluding hydrogens is 370 g/mol. The number of benzene rings is 2. The van der Waals surface area contributed by atoms with Crippen LogP contribution in [-0.2, 0) is 4.79 Å². The molecule has 7 heteroatoms. The Morgan fingerprint density at radius 2 is 1.83 bits per heavy atom. The van der Waals surface area contributed by atoms with Gasteiger partial charge in [0.25, 0.3) is 5.91 Å². The first-order valence-electron chi connectivity index (χ1n) is 9.14. The number of nitrogens with zero attached hydrogens (tertiary/aromatic N) is 1. The molecule has 1 unspecified atom stereocenters. The van der Waals surface area contributed by atoms with Crippen molar-refractivity contribution in [3.05, 3.63) is 59.8 Å². The summed E-state index contributed by atoms with van der Waals surface area (Å²) in [7, 11) is 3.14. The fourth-order valence-corrected chi connectivity index (χ4v) is 2.57. The number of hydrogen-bond donors (Lipinski definition) is 2. The number of ether oxygens (including phenoxy) is 3. The number of amides is 1. The molecule has 1 atom stereocenters. The molecule has 2 N–H and O–H groups in total. The van der Waals surface area contributed by atoms with E-state index in [-0.39, 0.29) is 11.6 Å². The van der Waals surface area contributed by atoms with E-state index < -0.39 is 5.91 Å². The van der Waals surface area contributed by atoms with E-state index in [2.05, 4.69) is 10.6 Å². The maximum Gasteiger partial charge on any atom is 0.267 e. The molecule has 2 aromatic rings. The summed E-state index contributed by atoms with van der Waals surface area (Å²) in [5, 5.41) is 15.1. The summed E-state index contributed by atoms with van der Waals surface area (Å²) in [6, 6.07) is 14.3. The highest BCUT2D eigenvalue weighted by Gasteiger charge is 2.12. The van der Waals surface area contributed by atoms with Crippen LogP contribution in [-0.4, -0.2) is 26.7 Å². The fourth-order valence-electron chi connectivity index (χ4n) is 2.57. The van der Waals surface area contributed by atoms with Crippen LogP contribution in [0.25, 0.3) is 0 Å². The first kappa shape index (κ1) is 21.6. The lowest BCUT2D eigenvalue weighted by Gasteiger charge is -2.15. The Labute approximate surface area is 170 Å². The van der Waals surface area contributed by atoms with Gasteiger partial charge in [0.15, 0.2) is 11.5 Å². The number of carbonyl (C=O) groups is 1. The normalized spacial score (nSPS) is 11.8. The second-order valence-electron chi connectivity index (χ2n) is 6.08. The van der Waals surface area contributed by atoms with Crippen molar-refractivity contribution in [2.45, 2.75) is 19.9 Å². The van der Waals surface area contributed by atoms with Gasteiger partial charge in [-0.3, -0.25) is 4.79 Å². The highest BCUT2D eigenvalue weighted by atomic mass is 16.5. The highest BCUT2D eigenvalue weighted by Crippen LogP contribution is 2.29. The van der Waals surface area contributed by atoms with Gasteiger partial charge in [0.2, 0.25) is 0 Å². The summed E-state index contributed by atoms with van der Waals surface area (Å²) in [5.74, 6) is 1.46. The number of hydrogen-bond acceptors (Lipinski definition) is 6. The number of carbonyl (C=O) groups excluding carboxylic acids is 1. The van der Waals surface area contributed by atoms with Gasteiger partial charge in [-0.2, -0.15) is 5.26 Å². The largest absolute Gasteiger partial charge is 0.494 e. The highest BCUT2D eigenvalue weighted by molar-refractivity contribution is 6.06. The zero-order valence-corrected chi connectivity index (χ0v) is 17.0. The summed E-state index contributed by atoms with van der Waals surface area (Å²) in [5.41, 5.74) is 1.46. The van der Waals surface area contributed by atoms with Crippen LogP contribution >= 0.6 is 0 Å². The molecule has 0 aliphatic rings. The van der Waals surface area contributed by atoms with Gasteiger partial charge in [0.05, 0.1) is 20.8 Å². The van der Waals surface area contributed by atoms with E-state index in [0.717, 1.165) is 5.56 Å². The molecule has 0 heterocycles. The molecule has 0 aliphatic carbocycles. The van der Waals surface area contributed by atoms with Crippen LogP contribution in [0.3, 0.4) is 0 Å². The van der Waals surface area contributed by atoms with Gasteiger partial charge in [0, 0.05) is 17.9 Å². The first-order chi connectivity index (χ1) is 14.0. The van der Waals surface area contributed by atoms with Crippen LogP contribution < -0.4 is 24.8 Å². The maximum atomic E-state index is 12.4. The van der Waals surface area contributed by atoms with Gasteiger partial charge in [-0.15, -0.1) is 0 Å². The smallest absolute Gasteiger partial charge is 0.267 e. The predicted molar refractivity (Wildman–Crippen MR) is 111 cm³/mol. The molecule has 0 saturated heterocycles. The molecule has 152 valence electrons. The second kappa shape index (κ2) is 10.6. The van der Waals surface area contributed by atoms with E-state index >= 15 is 0 Å². The summed E-state index contributed by atoms with van der Waals surface area (Å²) >= 11 is 0. The van der Waals surface area contributed by atoms with Crippen molar-refractivity contribution in [1.29, 1.82) is 5.26 Å². The van der Waals surface area contributed by atoms with Gasteiger partial charge < -0.3 is 24.8 Å². The summed E-state index contributed by atoms with van der Waals surface area (Å²) in [4.78, 5) is 12.4. The van der Waals surface area contributed by atoms with E-state index in [9.17, 15) is 10.1 Å². The standard InChI is InChI=1S/C22H25N3O4/c1-5-29-19-9-7-18(8-10-19)25-22(26)17(13-23)14-24-15(2)16-6-11-20(27-3)21(12-16)28-4/h6-12,14-15,24H,5H2,1-4H3,(H,25,26)/b17-14-. The van der Waals surface area contributed by atoms with E-state index in [1.165, 1.54) is 6.20 Å². The number of nitriles is 1. The molecule has 0 radical (unpaired) electrons. The molecule has 2 aromatic carbocycles. The van der Waals surface area contributed by atoms with Crippen LogP contribution in [0.2, 0.25) is 0 Å². The van der Waals surface area contributed by atoms with Crippen LogP contribution in [0.5, 0.6) is 17.2 Å². The quantitative estimate of drug-likeness (QED) is 0.496. The Hall–Kier alpha value is -3.66. The van der Waals surface area contributed by atoms with E-state index in [4.69, 9.17) is 14.2 Å². The SMILES string of the molecule is CCOc1ccc(NC(=O)/C(C#N)=C\NC(C)c2ccc(OC)c(OC)c2)cc1. The molecule has 0 aromatic heterocycles. The fraction of sp³-hybridized carbons (Fsp3) is 0.273. The minimum Gasteiger partial charge on any atom is -0.494 e. The lowest BCUT2D eigenvalue weighted by Crippen LogP contribution is -2.18. The maximum absolute atomic E-state index is 12.4. The van der Waals surface area contributed by atoms with Crippen molar-refractivity contribution in [3.8, 4) is 23.3 Å². The number of rotatable bonds is 9. The van der Waals surface area contributed by atoms with Gasteiger partial charge in [-0.25, -0.2) is 0 Å². The number of nitrogens with one attached hydrogen (secondary N) is 2. The zero-order valence-electron chi connectivity index (χ0n) is 17.0. The summed E-state index contributed by atoms with van der Waals surface area (Å²) in [6.45, 7) is 4.38. The lowest BCUT2D eigenvalue weighted by atomic mass is 10.1. The van der Waals surface area contributed by atoms with Gasteiger partial charge in [0.1, 0.15) is 17.4 Å². The Morgan fingerprint density at radius 1 is 1.14 bits per heavy atom. The van der Waals surface area contributed by atoms with Crippen LogP contribution in [0, 0.1) is 11.3 Å². The third-order valence-electron chi connectivity index (χ3n) is 4.17. The van der Waals surface area contributed by atoms with Crippen LogP contribution in [0.4, 0.5) is 5.69 Å². The van der Waals surface area contributed by atoms with Crippen LogP contribution in [0.1, 0.15) is 25.5 Å². The Kier molecular flexibility index (Phi) is 7.92. The minimum absolute atomic E-state index is 0.0359. The predicted octanol–water partition coefficient (Wildman–Crippen LogP) is 3.80. The molecule has 0 bridgehead atoms. The number of methoxy groups -OCH3 is 2. The van der Waals surface area contributed by atoms with Crippen molar-refractivity contribution >= 4 is 11.6 Å². The topological polar surface area (TPSA) is 92.6 Å².